The van der Waals surface area contributed by atoms with Gasteiger partial charge >= 0.3 is 0 Å². The van der Waals surface area contributed by atoms with E-state index >= 15 is 0 Å². The maximum Gasteiger partial charge on any atom is 0.225 e. The van der Waals surface area contributed by atoms with E-state index in [-0.39, 0.29) is 18.1 Å². The van der Waals surface area contributed by atoms with Crippen molar-refractivity contribution >= 4 is 11.9 Å². The van der Waals surface area contributed by atoms with Gasteiger partial charge in [0, 0.05) is 50.7 Å². The summed E-state index contributed by atoms with van der Waals surface area (Å²) >= 11 is 0. The van der Waals surface area contributed by atoms with Crippen molar-refractivity contribution in [1.82, 2.24) is 15.5 Å². The number of ether oxygens (including phenoxy) is 1. The zero-order valence-corrected chi connectivity index (χ0v) is 19.6. The van der Waals surface area contributed by atoms with Crippen molar-refractivity contribution in [1.29, 1.82) is 0 Å². The number of hydrogen-bond acceptors (Lipinski definition) is 3. The molecule has 2 saturated heterocycles. The number of benzene rings is 1. The first-order chi connectivity index (χ1) is 15.7. The van der Waals surface area contributed by atoms with E-state index in [4.69, 9.17) is 9.73 Å². The molecule has 3 aliphatic rings. The van der Waals surface area contributed by atoms with E-state index in [9.17, 15) is 4.79 Å². The number of nitrogens with zero attached hydrogens (tertiary/aromatic N) is 2. The van der Waals surface area contributed by atoms with E-state index in [1.807, 2.05) is 0 Å². The number of carbonyl (C=O) groups excluding carboxylic acids is 1. The third-order valence-corrected chi connectivity index (χ3v) is 7.20. The standard InChI is InChI=1S/C26H40N4O2/c1-2-27-26(28-18-22-14-9-17-32-24(22)20-10-5-3-6-11-20)29-23-15-16-30(19-23)25(31)21-12-7-4-8-13-21/h3,5-6,10-11,21-24H,2,4,7-9,12-19H2,1H3,(H2,27,28,29). The van der Waals surface area contributed by atoms with E-state index in [0.717, 1.165) is 70.8 Å². The molecule has 3 atom stereocenters. The number of rotatable bonds is 6. The van der Waals surface area contributed by atoms with Gasteiger partial charge in [0.2, 0.25) is 5.91 Å². The van der Waals surface area contributed by atoms with E-state index in [2.05, 4.69) is 52.8 Å². The van der Waals surface area contributed by atoms with E-state index < -0.39 is 0 Å². The quantitative estimate of drug-likeness (QED) is 0.520. The summed E-state index contributed by atoms with van der Waals surface area (Å²) < 4.78 is 6.15. The molecule has 1 saturated carbocycles. The minimum Gasteiger partial charge on any atom is -0.373 e. The van der Waals surface area contributed by atoms with Crippen LogP contribution < -0.4 is 10.6 Å². The predicted octanol–water partition coefficient (Wildman–Crippen LogP) is 3.89. The van der Waals surface area contributed by atoms with E-state index in [1.165, 1.54) is 24.8 Å². The summed E-state index contributed by atoms with van der Waals surface area (Å²) in [6.07, 6.45) is 9.18. The Bertz CT molecular complexity index is 747. The van der Waals surface area contributed by atoms with Crippen molar-refractivity contribution < 1.29 is 9.53 Å². The van der Waals surface area contributed by atoms with Crippen LogP contribution in [0.2, 0.25) is 0 Å². The van der Waals surface area contributed by atoms with Gasteiger partial charge < -0.3 is 20.3 Å². The predicted molar refractivity (Wildman–Crippen MR) is 129 cm³/mol. The van der Waals surface area contributed by atoms with Gasteiger partial charge in [-0.2, -0.15) is 0 Å². The monoisotopic (exact) mass is 440 g/mol. The number of guanidine groups is 1. The Labute approximate surface area is 193 Å². The molecule has 0 spiro atoms. The van der Waals surface area contributed by atoms with Gasteiger partial charge in [0.15, 0.2) is 5.96 Å². The van der Waals surface area contributed by atoms with Crippen LogP contribution in [0.15, 0.2) is 35.3 Å². The first-order valence-electron chi connectivity index (χ1n) is 12.7. The maximum absolute atomic E-state index is 12.9. The van der Waals surface area contributed by atoms with Gasteiger partial charge in [-0.3, -0.25) is 9.79 Å². The molecule has 0 aromatic heterocycles. The normalized spacial score (nSPS) is 27.3. The molecule has 6 heteroatoms. The molecule has 4 rings (SSSR count). The molecule has 1 aromatic rings. The number of aliphatic imine (C=N–C) groups is 1. The van der Waals surface area contributed by atoms with Crippen molar-refractivity contribution in [2.24, 2.45) is 16.8 Å². The Hall–Kier alpha value is -2.08. The molecule has 1 aliphatic carbocycles. The fraction of sp³-hybridized carbons (Fsp3) is 0.692. The molecule has 0 bridgehead atoms. The van der Waals surface area contributed by atoms with Gasteiger partial charge in [0.1, 0.15) is 0 Å². The first kappa shape index (κ1) is 23.1. The van der Waals surface area contributed by atoms with Crippen LogP contribution in [0, 0.1) is 11.8 Å². The zero-order chi connectivity index (χ0) is 22.2. The second kappa shape index (κ2) is 11.7. The van der Waals surface area contributed by atoms with Crippen molar-refractivity contribution in [3.8, 4) is 0 Å². The minimum absolute atomic E-state index is 0.117. The van der Waals surface area contributed by atoms with Gasteiger partial charge in [-0.15, -0.1) is 0 Å². The van der Waals surface area contributed by atoms with Crippen molar-refractivity contribution in [2.45, 2.75) is 70.4 Å². The Kier molecular flexibility index (Phi) is 8.43. The van der Waals surface area contributed by atoms with Crippen molar-refractivity contribution in [2.75, 3.05) is 32.8 Å². The van der Waals surface area contributed by atoms with Crippen LogP contribution in [0.3, 0.4) is 0 Å². The van der Waals surface area contributed by atoms with Crippen molar-refractivity contribution in [3.05, 3.63) is 35.9 Å². The van der Waals surface area contributed by atoms with Crippen LogP contribution in [0.1, 0.15) is 70.0 Å². The fourth-order valence-electron chi connectivity index (χ4n) is 5.45. The molecule has 2 N–H and O–H groups in total. The lowest BCUT2D eigenvalue weighted by molar-refractivity contribution is -0.135. The van der Waals surface area contributed by atoms with Gasteiger partial charge in [-0.25, -0.2) is 0 Å². The molecule has 3 fully saturated rings. The third kappa shape index (κ3) is 6.03. The smallest absolute Gasteiger partial charge is 0.225 e. The highest BCUT2D eigenvalue weighted by molar-refractivity contribution is 5.81. The second-order valence-corrected chi connectivity index (χ2v) is 9.57. The number of hydrogen-bond donors (Lipinski definition) is 2. The molecule has 6 nitrogen and oxygen atoms in total. The zero-order valence-electron chi connectivity index (χ0n) is 19.6. The molecular weight excluding hydrogens is 400 g/mol. The van der Waals surface area contributed by atoms with Crippen LogP contribution in [-0.2, 0) is 9.53 Å². The maximum atomic E-state index is 12.9. The van der Waals surface area contributed by atoms with Gasteiger partial charge in [0.05, 0.1) is 6.10 Å². The summed E-state index contributed by atoms with van der Waals surface area (Å²) in [5.74, 6) is 1.88. The molecular formula is C26H40N4O2. The third-order valence-electron chi connectivity index (χ3n) is 7.20. The Morgan fingerprint density at radius 2 is 1.91 bits per heavy atom. The average Bonchev–Trinajstić information content (AvgIpc) is 3.32. The van der Waals surface area contributed by atoms with Gasteiger partial charge in [-0.05, 0) is 44.6 Å². The summed E-state index contributed by atoms with van der Waals surface area (Å²) in [6.45, 7) is 6.14. The number of likely N-dealkylation sites (tertiary alicyclic amines) is 1. The molecule has 32 heavy (non-hydrogen) atoms. The fourth-order valence-corrected chi connectivity index (χ4v) is 5.45. The van der Waals surface area contributed by atoms with Crippen LogP contribution in [-0.4, -0.2) is 55.6 Å². The highest BCUT2D eigenvalue weighted by Crippen LogP contribution is 2.33. The average molecular weight is 441 g/mol. The summed E-state index contributed by atoms with van der Waals surface area (Å²) in [5, 5.41) is 7.01. The summed E-state index contributed by atoms with van der Waals surface area (Å²) in [5.41, 5.74) is 1.25. The Morgan fingerprint density at radius 1 is 1.09 bits per heavy atom. The van der Waals surface area contributed by atoms with Crippen LogP contribution in [0.5, 0.6) is 0 Å². The van der Waals surface area contributed by atoms with Crippen molar-refractivity contribution in [3.63, 3.8) is 0 Å². The molecule has 2 heterocycles. The van der Waals surface area contributed by atoms with Crippen LogP contribution in [0.25, 0.3) is 0 Å². The van der Waals surface area contributed by atoms with Gasteiger partial charge in [0.25, 0.3) is 0 Å². The lowest BCUT2D eigenvalue weighted by Crippen LogP contribution is -2.46. The lowest BCUT2D eigenvalue weighted by atomic mass is 9.88. The number of amides is 1. The number of nitrogens with one attached hydrogen (secondary N) is 2. The van der Waals surface area contributed by atoms with Crippen LogP contribution in [0.4, 0.5) is 0 Å². The Balaban J connectivity index is 1.33. The summed E-state index contributed by atoms with van der Waals surface area (Å²) in [4.78, 5) is 19.9. The minimum atomic E-state index is 0.117. The lowest BCUT2D eigenvalue weighted by Gasteiger charge is -2.31. The van der Waals surface area contributed by atoms with Gasteiger partial charge in [-0.1, -0.05) is 49.6 Å². The van der Waals surface area contributed by atoms with Crippen LogP contribution >= 0.6 is 0 Å². The highest BCUT2D eigenvalue weighted by atomic mass is 16.5. The molecule has 176 valence electrons. The Morgan fingerprint density at radius 3 is 2.69 bits per heavy atom. The first-order valence-corrected chi connectivity index (χ1v) is 12.7. The molecule has 2 aliphatic heterocycles. The largest absolute Gasteiger partial charge is 0.373 e. The van der Waals surface area contributed by atoms with E-state index in [0.29, 0.717) is 11.8 Å². The topological polar surface area (TPSA) is 66.0 Å². The molecule has 1 amide bonds. The number of carbonyl (C=O) groups is 1. The molecule has 1 aromatic carbocycles. The molecule has 0 radical (unpaired) electrons. The highest BCUT2D eigenvalue weighted by Gasteiger charge is 2.32. The van der Waals surface area contributed by atoms with E-state index in [1.54, 1.807) is 0 Å². The SMILES string of the molecule is CCNC(=NCC1CCCOC1c1ccccc1)NC1CCN(C(=O)C2CCCCC2)C1. The molecule has 3 unspecified atom stereocenters. The summed E-state index contributed by atoms with van der Waals surface area (Å²) in [7, 11) is 0. The summed E-state index contributed by atoms with van der Waals surface area (Å²) in [6, 6.07) is 10.8. The second-order valence-electron chi connectivity index (χ2n) is 9.57.